The Morgan fingerprint density at radius 1 is 1.12 bits per heavy atom. The summed E-state index contributed by atoms with van der Waals surface area (Å²) < 4.78 is 26.0. The molecule has 6 nitrogen and oxygen atoms in total. The Morgan fingerprint density at radius 2 is 1.88 bits per heavy atom. The zero-order valence-corrected chi connectivity index (χ0v) is 19.9. The molecule has 0 aromatic heterocycles. The second-order valence-electron chi connectivity index (χ2n) is 8.19. The number of fused-ring (bicyclic) bond motifs is 1. The lowest BCUT2D eigenvalue weighted by Crippen LogP contribution is -2.29. The van der Waals surface area contributed by atoms with E-state index in [9.17, 15) is 13.2 Å². The molecule has 0 aliphatic heterocycles. The first kappa shape index (κ1) is 25.1. The fraction of sp³-hybridized carbons (Fsp3) is 0.346. The van der Waals surface area contributed by atoms with Crippen molar-refractivity contribution < 1.29 is 18.3 Å². The molecule has 0 spiro atoms. The molecule has 2 N–H and O–H groups in total. The third-order valence-corrected chi connectivity index (χ3v) is 7.28. The fourth-order valence-corrected chi connectivity index (χ4v) is 4.67. The van der Waals surface area contributed by atoms with Gasteiger partial charge in [0.05, 0.1) is 5.75 Å². The Morgan fingerprint density at radius 3 is 2.61 bits per heavy atom. The first-order valence-electron chi connectivity index (χ1n) is 11.2. The van der Waals surface area contributed by atoms with Crippen molar-refractivity contribution in [2.75, 3.05) is 32.5 Å². The predicted octanol–water partition coefficient (Wildman–Crippen LogP) is 3.03. The molecule has 0 fully saturated rings. The minimum atomic E-state index is -3.22. The van der Waals surface area contributed by atoms with E-state index in [0.717, 1.165) is 30.5 Å². The van der Waals surface area contributed by atoms with Crippen LogP contribution in [0.25, 0.3) is 11.6 Å². The Labute approximate surface area is 196 Å². The number of nitrogens with one attached hydrogen (secondary N) is 1. The highest BCUT2D eigenvalue weighted by molar-refractivity contribution is 7.89. The number of aliphatic hydroxyl groups excluding tert-OH is 1. The summed E-state index contributed by atoms with van der Waals surface area (Å²) >= 11 is 0. The zero-order chi connectivity index (χ0) is 23.7. The third kappa shape index (κ3) is 7.75. The molecule has 0 atom stereocenters. The summed E-state index contributed by atoms with van der Waals surface area (Å²) in [5.74, 6) is -0.224. The van der Waals surface area contributed by atoms with Crippen molar-refractivity contribution in [3.05, 3.63) is 82.9 Å². The van der Waals surface area contributed by atoms with Gasteiger partial charge in [-0.15, -0.1) is 0 Å². The van der Waals surface area contributed by atoms with Gasteiger partial charge in [-0.05, 0) is 66.8 Å². The van der Waals surface area contributed by atoms with Crippen LogP contribution in [0.4, 0.5) is 0 Å². The van der Waals surface area contributed by atoms with Crippen LogP contribution in [-0.4, -0.2) is 56.7 Å². The van der Waals surface area contributed by atoms with Gasteiger partial charge in [-0.1, -0.05) is 60.7 Å². The number of ketones is 1. The highest BCUT2D eigenvalue weighted by atomic mass is 32.2. The molecule has 0 saturated heterocycles. The number of hydrogen-bond acceptors (Lipinski definition) is 5. The lowest BCUT2D eigenvalue weighted by molar-refractivity contribution is -0.117. The summed E-state index contributed by atoms with van der Waals surface area (Å²) in [7, 11) is -1.78. The van der Waals surface area contributed by atoms with Crippen molar-refractivity contribution in [2.45, 2.75) is 25.8 Å². The summed E-state index contributed by atoms with van der Waals surface area (Å²) in [6.45, 7) is 1.75. The molecule has 0 radical (unpaired) electrons. The van der Waals surface area contributed by atoms with Crippen LogP contribution in [0.15, 0.2) is 60.7 Å². The van der Waals surface area contributed by atoms with Crippen LogP contribution < -0.4 is 4.72 Å². The molecule has 2 aromatic rings. The van der Waals surface area contributed by atoms with Crippen molar-refractivity contribution >= 4 is 27.5 Å². The number of carbonyl (C=O) groups excluding carboxylic acids is 1. The molecule has 33 heavy (non-hydrogen) atoms. The highest BCUT2D eigenvalue weighted by Crippen LogP contribution is 2.29. The van der Waals surface area contributed by atoms with Gasteiger partial charge in [0.15, 0.2) is 5.78 Å². The molecule has 0 bridgehead atoms. The second kappa shape index (κ2) is 12.0. The summed E-state index contributed by atoms with van der Waals surface area (Å²) in [5, 5.41) is 8.82. The van der Waals surface area contributed by atoms with E-state index in [1.807, 2.05) is 24.3 Å². The monoisotopic (exact) mass is 468 g/mol. The topological polar surface area (TPSA) is 86.7 Å². The minimum absolute atomic E-state index is 0.105. The van der Waals surface area contributed by atoms with E-state index in [1.54, 1.807) is 6.08 Å². The molecular formula is C26H32N2O4S. The Balaban J connectivity index is 1.64. The molecule has 7 heteroatoms. The molecule has 3 rings (SSSR count). The van der Waals surface area contributed by atoms with Crippen molar-refractivity contribution in [1.29, 1.82) is 0 Å². The number of nitrogens with zero attached hydrogens (tertiary/aromatic N) is 1. The first-order chi connectivity index (χ1) is 15.9. The van der Waals surface area contributed by atoms with Gasteiger partial charge >= 0.3 is 0 Å². The molecular weight excluding hydrogens is 436 g/mol. The lowest BCUT2D eigenvalue weighted by atomic mass is 10.0. The smallest absolute Gasteiger partial charge is 0.211 e. The van der Waals surface area contributed by atoms with Crippen molar-refractivity contribution in [2.24, 2.45) is 0 Å². The van der Waals surface area contributed by atoms with E-state index in [2.05, 4.69) is 40.0 Å². The predicted molar refractivity (Wildman–Crippen MR) is 133 cm³/mol. The Kier molecular flexibility index (Phi) is 9.14. The van der Waals surface area contributed by atoms with Gasteiger partial charge in [-0.3, -0.25) is 9.69 Å². The number of allylic oxidation sites excluding steroid dienone is 1. The van der Waals surface area contributed by atoms with E-state index in [4.69, 9.17) is 5.11 Å². The van der Waals surface area contributed by atoms with Crippen LogP contribution in [0.1, 0.15) is 35.1 Å². The Hall–Kier alpha value is -2.58. The van der Waals surface area contributed by atoms with Gasteiger partial charge in [-0.2, -0.15) is 0 Å². The second-order valence-corrected chi connectivity index (χ2v) is 10.2. The molecule has 0 unspecified atom stereocenters. The lowest BCUT2D eigenvalue weighted by Gasteiger charge is -2.23. The van der Waals surface area contributed by atoms with Crippen LogP contribution in [0.2, 0.25) is 0 Å². The number of sulfonamides is 1. The van der Waals surface area contributed by atoms with E-state index in [1.165, 1.54) is 29.8 Å². The minimum Gasteiger partial charge on any atom is -0.388 e. The van der Waals surface area contributed by atoms with E-state index < -0.39 is 16.6 Å². The molecule has 2 aromatic carbocycles. The van der Waals surface area contributed by atoms with Crippen LogP contribution in [0.5, 0.6) is 0 Å². The van der Waals surface area contributed by atoms with Crippen LogP contribution in [0.3, 0.4) is 0 Å². The van der Waals surface area contributed by atoms with E-state index in [0.29, 0.717) is 19.5 Å². The summed E-state index contributed by atoms with van der Waals surface area (Å²) in [4.78, 5) is 13.6. The molecule has 1 aliphatic rings. The fourth-order valence-electron chi connectivity index (χ4n) is 3.95. The number of hydrogen-bond donors (Lipinski definition) is 2. The maximum atomic E-state index is 11.8. The van der Waals surface area contributed by atoms with Gasteiger partial charge in [0.2, 0.25) is 10.0 Å². The third-order valence-electron chi connectivity index (χ3n) is 5.83. The zero-order valence-electron chi connectivity index (χ0n) is 19.0. The van der Waals surface area contributed by atoms with Crippen molar-refractivity contribution in [3.8, 4) is 0 Å². The highest BCUT2D eigenvalue weighted by Gasteiger charge is 2.16. The van der Waals surface area contributed by atoms with Crippen molar-refractivity contribution in [3.63, 3.8) is 0 Å². The summed E-state index contributed by atoms with van der Waals surface area (Å²) in [6, 6.07) is 16.4. The SMILES string of the molecule is CNS(=O)(=O)CCCN(CCC1=CCc2ccccc21)Cc1ccc(/C=C/C(=O)CO)cc1. The Bertz CT molecular complexity index is 1110. The molecule has 0 heterocycles. The van der Waals surface area contributed by atoms with Gasteiger partial charge in [0.25, 0.3) is 0 Å². The quantitative estimate of drug-likeness (QED) is 0.441. The number of aliphatic hydroxyl groups is 1. The molecule has 0 amide bonds. The number of benzene rings is 2. The maximum Gasteiger partial charge on any atom is 0.211 e. The maximum absolute atomic E-state index is 11.8. The van der Waals surface area contributed by atoms with Gasteiger partial charge in [0, 0.05) is 13.1 Å². The first-order valence-corrected chi connectivity index (χ1v) is 12.9. The van der Waals surface area contributed by atoms with Crippen LogP contribution in [0, 0.1) is 0 Å². The number of carbonyl (C=O) groups is 1. The summed E-state index contributed by atoms with van der Waals surface area (Å²) in [6.07, 6.45) is 7.80. The van der Waals surface area contributed by atoms with Crippen LogP contribution in [-0.2, 0) is 27.8 Å². The average molecular weight is 469 g/mol. The average Bonchev–Trinajstić information content (AvgIpc) is 3.24. The van der Waals surface area contributed by atoms with Crippen molar-refractivity contribution in [1.82, 2.24) is 9.62 Å². The molecule has 176 valence electrons. The molecule has 0 saturated carbocycles. The number of rotatable bonds is 13. The largest absolute Gasteiger partial charge is 0.388 e. The van der Waals surface area contributed by atoms with E-state index in [-0.39, 0.29) is 11.5 Å². The van der Waals surface area contributed by atoms with Gasteiger partial charge in [0.1, 0.15) is 6.61 Å². The summed E-state index contributed by atoms with van der Waals surface area (Å²) in [5.41, 5.74) is 6.05. The van der Waals surface area contributed by atoms with Gasteiger partial charge in [-0.25, -0.2) is 13.1 Å². The molecule has 1 aliphatic carbocycles. The van der Waals surface area contributed by atoms with Crippen LogP contribution >= 0.6 is 0 Å². The van der Waals surface area contributed by atoms with E-state index >= 15 is 0 Å². The van der Waals surface area contributed by atoms with Gasteiger partial charge < -0.3 is 5.11 Å². The standard InChI is InChI=1S/C26H32N2O4S/c1-27-33(31,32)18-4-16-28(17-15-24-13-12-23-5-2-3-6-26(23)24)19-22-9-7-21(8-10-22)11-14-25(30)20-29/h2-3,5-11,13-14,27,29H,4,12,15-20H2,1H3/b14-11+. The normalized spacial score (nSPS) is 13.5.